The molecule has 3 rings (SSSR count). The van der Waals surface area contributed by atoms with Crippen LogP contribution < -0.4 is 16.1 Å². The van der Waals surface area contributed by atoms with Crippen LogP contribution in [-0.2, 0) is 6.54 Å². The Morgan fingerprint density at radius 2 is 2.05 bits per heavy atom. The maximum Gasteiger partial charge on any atom is 0.417 e. The molecule has 2 heterocycles. The lowest BCUT2D eigenvalue weighted by atomic mass is 10.2. The molecule has 0 aliphatic rings. The van der Waals surface area contributed by atoms with E-state index >= 15 is 0 Å². The summed E-state index contributed by atoms with van der Waals surface area (Å²) in [5.41, 5.74) is 1.00. The fourth-order valence-corrected chi connectivity index (χ4v) is 2.13. The summed E-state index contributed by atoms with van der Waals surface area (Å²) in [6.07, 6.45) is 1.59. The van der Waals surface area contributed by atoms with Crippen molar-refractivity contribution < 1.29 is 9.15 Å². The first-order valence-electron chi connectivity index (χ1n) is 6.03. The molecule has 0 atom stereocenters. The Hall–Kier alpha value is -2.76. The molecule has 0 saturated carbocycles. The summed E-state index contributed by atoms with van der Waals surface area (Å²) >= 11 is 0. The molecule has 102 valence electrons. The molecule has 0 spiro atoms. The Kier molecular flexibility index (Phi) is 2.90. The second-order valence-corrected chi connectivity index (χ2v) is 4.31. The first-order valence-corrected chi connectivity index (χ1v) is 6.03. The van der Waals surface area contributed by atoms with E-state index in [4.69, 9.17) is 9.15 Å². The molecule has 0 aliphatic carbocycles. The molecule has 0 fully saturated rings. The number of fused-ring (bicyclic) bond motifs is 1. The Morgan fingerprint density at radius 1 is 1.25 bits per heavy atom. The van der Waals surface area contributed by atoms with Gasteiger partial charge in [-0.3, -0.25) is 9.78 Å². The van der Waals surface area contributed by atoms with E-state index < -0.39 is 5.76 Å². The number of hydrogen-bond acceptors (Lipinski definition) is 4. The lowest BCUT2D eigenvalue weighted by Crippen LogP contribution is -2.20. The summed E-state index contributed by atoms with van der Waals surface area (Å²) in [5, 5.41) is 0. The van der Waals surface area contributed by atoms with Crippen molar-refractivity contribution >= 4 is 11.1 Å². The maximum atomic E-state index is 12.2. The molecule has 6 heteroatoms. The monoisotopic (exact) mass is 272 g/mol. The minimum Gasteiger partial charge on any atom is -0.496 e. The highest BCUT2D eigenvalue weighted by Crippen LogP contribution is 2.18. The zero-order valence-electron chi connectivity index (χ0n) is 10.8. The summed E-state index contributed by atoms with van der Waals surface area (Å²) in [5.74, 6) is 0.0762. The van der Waals surface area contributed by atoms with Crippen molar-refractivity contribution in [3.8, 4) is 5.75 Å². The average Bonchev–Trinajstić information content (AvgIpc) is 2.84. The van der Waals surface area contributed by atoms with Crippen molar-refractivity contribution in [3.05, 3.63) is 63.0 Å². The highest BCUT2D eigenvalue weighted by molar-refractivity contribution is 5.70. The summed E-state index contributed by atoms with van der Waals surface area (Å²) in [6.45, 7) is 0.353. The van der Waals surface area contributed by atoms with Crippen LogP contribution in [0.5, 0.6) is 5.75 Å². The number of nitrogens with zero attached hydrogens (tertiary/aromatic N) is 1. The van der Waals surface area contributed by atoms with Crippen molar-refractivity contribution in [1.29, 1.82) is 0 Å². The van der Waals surface area contributed by atoms with Gasteiger partial charge in [-0.15, -0.1) is 0 Å². The van der Waals surface area contributed by atoms with E-state index in [0.29, 0.717) is 12.3 Å². The number of aromatic nitrogens is 2. The van der Waals surface area contributed by atoms with E-state index in [2.05, 4.69) is 4.98 Å². The van der Waals surface area contributed by atoms with Crippen LogP contribution in [0.1, 0.15) is 5.56 Å². The number of benzene rings is 1. The Balaban J connectivity index is 2.09. The second-order valence-electron chi connectivity index (χ2n) is 4.31. The number of aromatic amines is 1. The maximum absolute atomic E-state index is 12.2. The standard InChI is InChI=1S/C14H12N2O4/c1-19-10-5-3-2-4-9(10)8-16-7-6-11-12(13(16)17)15-14(18)20-11/h2-7H,8H2,1H3,(H,15,18). The van der Waals surface area contributed by atoms with Crippen molar-refractivity contribution in [2.75, 3.05) is 7.11 Å². The first-order chi connectivity index (χ1) is 9.69. The quantitative estimate of drug-likeness (QED) is 0.780. The number of methoxy groups -OCH3 is 1. The smallest absolute Gasteiger partial charge is 0.417 e. The summed E-state index contributed by atoms with van der Waals surface area (Å²) in [6, 6.07) is 9.04. The summed E-state index contributed by atoms with van der Waals surface area (Å²) < 4.78 is 11.6. The number of H-pyrrole nitrogens is 1. The van der Waals surface area contributed by atoms with Crippen LogP contribution in [0.4, 0.5) is 0 Å². The van der Waals surface area contributed by atoms with E-state index in [1.807, 2.05) is 24.3 Å². The number of oxazole rings is 1. The number of ether oxygens (including phenoxy) is 1. The lowest BCUT2D eigenvalue weighted by molar-refractivity contribution is 0.408. The zero-order chi connectivity index (χ0) is 14.1. The molecular weight excluding hydrogens is 260 g/mol. The molecule has 2 aromatic heterocycles. The number of para-hydroxylation sites is 1. The molecule has 1 N–H and O–H groups in total. The van der Waals surface area contributed by atoms with Crippen LogP contribution in [0.2, 0.25) is 0 Å². The Bertz CT molecular complexity index is 873. The first kappa shape index (κ1) is 12.3. The van der Waals surface area contributed by atoms with Gasteiger partial charge >= 0.3 is 5.76 Å². The second kappa shape index (κ2) is 4.73. The third kappa shape index (κ3) is 2.01. The predicted molar refractivity (Wildman–Crippen MR) is 73.2 cm³/mol. The van der Waals surface area contributed by atoms with Crippen LogP contribution in [0, 0.1) is 0 Å². The molecule has 1 aromatic carbocycles. The predicted octanol–water partition coefficient (Wildman–Crippen LogP) is 1.34. The van der Waals surface area contributed by atoms with E-state index in [9.17, 15) is 9.59 Å². The SMILES string of the molecule is COc1ccccc1Cn1ccc2oc(=O)[nH]c2c1=O. The number of pyridine rings is 1. The molecule has 20 heavy (non-hydrogen) atoms. The van der Waals surface area contributed by atoms with Gasteiger partial charge in [-0.2, -0.15) is 0 Å². The molecule has 0 unspecified atom stereocenters. The fraction of sp³-hybridized carbons (Fsp3) is 0.143. The Morgan fingerprint density at radius 3 is 2.85 bits per heavy atom. The van der Waals surface area contributed by atoms with E-state index in [0.717, 1.165) is 5.56 Å². The van der Waals surface area contributed by atoms with Gasteiger partial charge in [-0.1, -0.05) is 18.2 Å². The van der Waals surface area contributed by atoms with Gasteiger partial charge in [0.15, 0.2) is 11.1 Å². The normalized spacial score (nSPS) is 10.8. The molecular formula is C14H12N2O4. The van der Waals surface area contributed by atoms with Gasteiger partial charge in [0.05, 0.1) is 13.7 Å². The largest absolute Gasteiger partial charge is 0.496 e. The third-order valence-electron chi connectivity index (χ3n) is 3.09. The van der Waals surface area contributed by atoms with Crippen molar-refractivity contribution in [2.24, 2.45) is 0 Å². The van der Waals surface area contributed by atoms with Crippen LogP contribution in [0.3, 0.4) is 0 Å². The van der Waals surface area contributed by atoms with Crippen LogP contribution >= 0.6 is 0 Å². The van der Waals surface area contributed by atoms with Gasteiger partial charge in [0, 0.05) is 11.8 Å². The lowest BCUT2D eigenvalue weighted by Gasteiger charge is -2.09. The fourth-order valence-electron chi connectivity index (χ4n) is 2.13. The molecule has 6 nitrogen and oxygen atoms in total. The molecule has 0 radical (unpaired) electrons. The van der Waals surface area contributed by atoms with E-state index in [1.54, 1.807) is 19.4 Å². The molecule has 0 saturated heterocycles. The topological polar surface area (TPSA) is 77.2 Å². The number of hydrogen-bond donors (Lipinski definition) is 1. The highest BCUT2D eigenvalue weighted by atomic mass is 16.5. The summed E-state index contributed by atoms with van der Waals surface area (Å²) in [4.78, 5) is 25.8. The summed E-state index contributed by atoms with van der Waals surface area (Å²) in [7, 11) is 1.58. The van der Waals surface area contributed by atoms with Crippen LogP contribution in [-0.4, -0.2) is 16.7 Å². The number of rotatable bonds is 3. The Labute approximate surface area is 113 Å². The molecule has 0 bridgehead atoms. The van der Waals surface area contributed by atoms with Gasteiger partial charge in [0.2, 0.25) is 0 Å². The zero-order valence-corrected chi connectivity index (χ0v) is 10.8. The van der Waals surface area contributed by atoms with Crippen molar-refractivity contribution in [3.63, 3.8) is 0 Å². The van der Waals surface area contributed by atoms with Crippen LogP contribution in [0.25, 0.3) is 11.1 Å². The highest BCUT2D eigenvalue weighted by Gasteiger charge is 2.09. The third-order valence-corrected chi connectivity index (χ3v) is 3.09. The van der Waals surface area contributed by atoms with E-state index in [1.165, 1.54) is 4.57 Å². The van der Waals surface area contributed by atoms with Crippen LogP contribution in [0.15, 0.2) is 50.5 Å². The van der Waals surface area contributed by atoms with E-state index in [-0.39, 0.29) is 16.7 Å². The van der Waals surface area contributed by atoms with Gasteiger partial charge in [-0.25, -0.2) is 4.79 Å². The molecule has 0 aliphatic heterocycles. The van der Waals surface area contributed by atoms with Crippen molar-refractivity contribution in [1.82, 2.24) is 9.55 Å². The van der Waals surface area contributed by atoms with Gasteiger partial charge in [0.25, 0.3) is 5.56 Å². The molecule has 3 aromatic rings. The van der Waals surface area contributed by atoms with Crippen molar-refractivity contribution in [2.45, 2.75) is 6.54 Å². The van der Waals surface area contributed by atoms with Gasteiger partial charge < -0.3 is 13.7 Å². The number of nitrogens with one attached hydrogen (secondary N) is 1. The molecule has 0 amide bonds. The average molecular weight is 272 g/mol. The minimum atomic E-state index is -0.632. The van der Waals surface area contributed by atoms with Gasteiger partial charge in [0.1, 0.15) is 5.75 Å². The van der Waals surface area contributed by atoms with Gasteiger partial charge in [-0.05, 0) is 12.1 Å². The minimum absolute atomic E-state index is 0.174.